The van der Waals surface area contributed by atoms with Crippen LogP contribution in [0.4, 0.5) is 13.2 Å². The average Bonchev–Trinajstić information content (AvgIpc) is 3.37. The van der Waals surface area contributed by atoms with Gasteiger partial charge < -0.3 is 9.55 Å². The second kappa shape index (κ2) is 7.57. The molecule has 0 radical (unpaired) electrons. The molecule has 0 bridgehead atoms. The van der Waals surface area contributed by atoms with Crippen LogP contribution in [0.5, 0.6) is 0 Å². The molecule has 1 N–H and O–H groups in total. The Balaban J connectivity index is 1.64. The van der Waals surface area contributed by atoms with Crippen molar-refractivity contribution in [3.8, 4) is 0 Å². The van der Waals surface area contributed by atoms with Gasteiger partial charge in [0, 0.05) is 42.1 Å². The highest BCUT2D eigenvalue weighted by Gasteiger charge is 2.35. The van der Waals surface area contributed by atoms with Crippen molar-refractivity contribution in [3.05, 3.63) is 89.1 Å². The van der Waals surface area contributed by atoms with Crippen LogP contribution >= 0.6 is 0 Å². The molecule has 31 heavy (non-hydrogen) atoms. The third-order valence-electron chi connectivity index (χ3n) is 6.15. The molecule has 0 aliphatic carbocycles. The van der Waals surface area contributed by atoms with Gasteiger partial charge in [-0.05, 0) is 42.7 Å². The summed E-state index contributed by atoms with van der Waals surface area (Å²) in [5.74, 6) is 0.916. The van der Waals surface area contributed by atoms with Crippen LogP contribution in [-0.4, -0.2) is 26.0 Å². The number of alkyl halides is 3. The molecule has 0 saturated carbocycles. The zero-order valence-electron chi connectivity index (χ0n) is 17.2. The number of nitrogens with zero attached hydrogens (tertiary/aromatic N) is 3. The molecule has 4 nitrogen and oxygen atoms in total. The Morgan fingerprint density at radius 2 is 1.97 bits per heavy atom. The lowest BCUT2D eigenvalue weighted by Crippen LogP contribution is -2.36. The van der Waals surface area contributed by atoms with Crippen molar-refractivity contribution >= 4 is 10.9 Å². The fourth-order valence-electron chi connectivity index (χ4n) is 4.68. The predicted molar refractivity (Wildman–Crippen MR) is 114 cm³/mol. The van der Waals surface area contributed by atoms with E-state index in [-0.39, 0.29) is 6.04 Å². The molecule has 1 aliphatic rings. The molecule has 5 rings (SSSR count). The topological polar surface area (TPSA) is 36.9 Å². The molecule has 2 aromatic heterocycles. The van der Waals surface area contributed by atoms with Gasteiger partial charge in [-0.25, -0.2) is 4.98 Å². The third-order valence-corrected chi connectivity index (χ3v) is 6.15. The summed E-state index contributed by atoms with van der Waals surface area (Å²) >= 11 is 0. The van der Waals surface area contributed by atoms with Crippen molar-refractivity contribution < 1.29 is 13.2 Å². The van der Waals surface area contributed by atoms with Crippen LogP contribution in [0.2, 0.25) is 0 Å². The normalized spacial score (nSPS) is 17.2. The summed E-state index contributed by atoms with van der Waals surface area (Å²) < 4.78 is 42.5. The van der Waals surface area contributed by atoms with Gasteiger partial charge in [-0.3, -0.25) is 4.90 Å². The minimum Gasteiger partial charge on any atom is -0.357 e. The Bertz CT molecular complexity index is 1220. The maximum Gasteiger partial charge on any atom is 0.416 e. The SMILES string of the molecule is CCn1ccnc1CN1CCc2c([nH]c3ccccc23)C1c1cccc(C(F)(F)F)c1. The van der Waals surface area contributed by atoms with E-state index in [9.17, 15) is 13.2 Å². The number of benzene rings is 2. The molecule has 0 fully saturated rings. The Labute approximate surface area is 178 Å². The zero-order valence-corrected chi connectivity index (χ0v) is 17.2. The zero-order chi connectivity index (χ0) is 21.6. The van der Waals surface area contributed by atoms with Crippen LogP contribution in [0, 0.1) is 0 Å². The van der Waals surface area contributed by atoms with Crippen molar-refractivity contribution in [1.29, 1.82) is 0 Å². The lowest BCUT2D eigenvalue weighted by atomic mass is 9.91. The fraction of sp³-hybridized carbons (Fsp3) is 0.292. The average molecular weight is 424 g/mol. The number of aryl methyl sites for hydroxylation is 1. The van der Waals surface area contributed by atoms with Gasteiger partial charge in [-0.1, -0.05) is 30.3 Å². The van der Waals surface area contributed by atoms with Gasteiger partial charge in [0.25, 0.3) is 0 Å². The second-order valence-corrected chi connectivity index (χ2v) is 7.94. The Hall–Kier alpha value is -3.06. The smallest absolute Gasteiger partial charge is 0.357 e. The number of imidazole rings is 1. The van der Waals surface area contributed by atoms with Gasteiger partial charge in [0.1, 0.15) is 5.82 Å². The van der Waals surface area contributed by atoms with Crippen molar-refractivity contribution in [1.82, 2.24) is 19.4 Å². The van der Waals surface area contributed by atoms with Crippen LogP contribution < -0.4 is 0 Å². The number of H-pyrrole nitrogens is 1. The maximum atomic E-state index is 13.5. The molecule has 1 atom stereocenters. The van der Waals surface area contributed by atoms with Crippen LogP contribution in [0.25, 0.3) is 10.9 Å². The van der Waals surface area contributed by atoms with Crippen molar-refractivity contribution in [2.75, 3.05) is 6.54 Å². The third kappa shape index (κ3) is 3.53. The van der Waals surface area contributed by atoms with Gasteiger partial charge >= 0.3 is 6.18 Å². The lowest BCUT2D eigenvalue weighted by Gasteiger charge is -2.36. The van der Waals surface area contributed by atoms with E-state index in [1.54, 1.807) is 12.3 Å². The monoisotopic (exact) mass is 424 g/mol. The Morgan fingerprint density at radius 3 is 2.77 bits per heavy atom. The molecule has 0 spiro atoms. The summed E-state index contributed by atoms with van der Waals surface area (Å²) in [4.78, 5) is 10.2. The van der Waals surface area contributed by atoms with Crippen LogP contribution in [0.15, 0.2) is 60.9 Å². The first-order valence-corrected chi connectivity index (χ1v) is 10.5. The molecular weight excluding hydrogens is 401 g/mol. The standard InChI is InChI=1S/C24H23F3N4/c1-2-30-13-11-28-21(30)15-31-12-10-19-18-8-3-4-9-20(18)29-22(19)23(31)16-6-5-7-17(14-16)24(25,26)27/h3-9,11,13-14,23,29H,2,10,12,15H2,1H3. The number of aromatic nitrogens is 3. The predicted octanol–water partition coefficient (Wildman–Crippen LogP) is 5.55. The van der Waals surface area contributed by atoms with E-state index in [2.05, 4.69) is 32.4 Å². The maximum absolute atomic E-state index is 13.5. The summed E-state index contributed by atoms with van der Waals surface area (Å²) in [6.45, 7) is 4.17. The molecule has 2 aromatic carbocycles. The van der Waals surface area contributed by atoms with E-state index >= 15 is 0 Å². The largest absolute Gasteiger partial charge is 0.416 e. The highest BCUT2D eigenvalue weighted by Crippen LogP contribution is 2.40. The van der Waals surface area contributed by atoms with E-state index < -0.39 is 11.7 Å². The minimum absolute atomic E-state index is 0.305. The summed E-state index contributed by atoms with van der Waals surface area (Å²) in [7, 11) is 0. The number of nitrogens with one attached hydrogen (secondary N) is 1. The molecule has 7 heteroatoms. The molecule has 0 saturated heterocycles. The molecule has 0 amide bonds. The van der Waals surface area contributed by atoms with Gasteiger partial charge in [0.05, 0.1) is 18.2 Å². The van der Waals surface area contributed by atoms with Gasteiger partial charge in [-0.15, -0.1) is 0 Å². The summed E-state index contributed by atoms with van der Waals surface area (Å²) in [6.07, 6.45) is 0.169. The van der Waals surface area contributed by atoms with Crippen molar-refractivity contribution in [2.24, 2.45) is 0 Å². The Kier molecular flexibility index (Phi) is 4.85. The van der Waals surface area contributed by atoms with Gasteiger partial charge in [-0.2, -0.15) is 13.2 Å². The molecule has 3 heterocycles. The van der Waals surface area contributed by atoms with Gasteiger partial charge in [0.2, 0.25) is 0 Å². The molecule has 1 unspecified atom stereocenters. The molecule has 4 aromatic rings. The van der Waals surface area contributed by atoms with E-state index in [1.165, 1.54) is 17.7 Å². The Morgan fingerprint density at radius 1 is 1.13 bits per heavy atom. The fourth-order valence-corrected chi connectivity index (χ4v) is 4.68. The van der Waals surface area contributed by atoms with E-state index in [0.717, 1.165) is 48.0 Å². The summed E-state index contributed by atoms with van der Waals surface area (Å²) in [5, 5.41) is 1.14. The highest BCUT2D eigenvalue weighted by molar-refractivity contribution is 5.85. The quantitative estimate of drug-likeness (QED) is 0.466. The number of halogens is 3. The summed E-state index contributed by atoms with van der Waals surface area (Å²) in [6, 6.07) is 13.5. The van der Waals surface area contributed by atoms with E-state index in [4.69, 9.17) is 0 Å². The number of rotatable bonds is 4. The first kappa shape index (κ1) is 19.9. The van der Waals surface area contributed by atoms with E-state index in [1.807, 2.05) is 24.4 Å². The number of hydrogen-bond acceptors (Lipinski definition) is 2. The first-order valence-electron chi connectivity index (χ1n) is 10.5. The van der Waals surface area contributed by atoms with Crippen LogP contribution in [0.1, 0.15) is 41.2 Å². The number of fused-ring (bicyclic) bond motifs is 3. The lowest BCUT2D eigenvalue weighted by molar-refractivity contribution is -0.137. The van der Waals surface area contributed by atoms with E-state index in [0.29, 0.717) is 12.1 Å². The van der Waals surface area contributed by atoms with Crippen LogP contribution in [-0.2, 0) is 25.7 Å². The highest BCUT2D eigenvalue weighted by atomic mass is 19.4. The number of hydrogen-bond donors (Lipinski definition) is 1. The first-order chi connectivity index (χ1) is 15.0. The molecule has 1 aliphatic heterocycles. The summed E-state index contributed by atoms with van der Waals surface area (Å²) in [5.41, 5.74) is 3.19. The van der Waals surface area contributed by atoms with Gasteiger partial charge in [0.15, 0.2) is 0 Å². The van der Waals surface area contributed by atoms with Crippen molar-refractivity contribution in [2.45, 2.75) is 38.7 Å². The van der Waals surface area contributed by atoms with Crippen LogP contribution in [0.3, 0.4) is 0 Å². The minimum atomic E-state index is -4.38. The number of aromatic amines is 1. The van der Waals surface area contributed by atoms with Crippen molar-refractivity contribution in [3.63, 3.8) is 0 Å². The second-order valence-electron chi connectivity index (χ2n) is 7.94. The number of para-hydroxylation sites is 1. The molecule has 160 valence electrons. The molecular formula is C24H23F3N4.